The molecule has 10 nitrogen and oxygen atoms in total. The molecule has 0 radical (unpaired) electrons. The van der Waals surface area contributed by atoms with Gasteiger partial charge in [-0.3, -0.25) is 9.59 Å². The Morgan fingerprint density at radius 2 is 1.87 bits per heavy atom. The van der Waals surface area contributed by atoms with Crippen LogP contribution in [0.25, 0.3) is 17.0 Å². The highest BCUT2D eigenvalue weighted by Gasteiger charge is 2.58. The molecule has 2 aliphatic heterocycles. The number of aromatic nitrogens is 6. The quantitative estimate of drug-likeness (QED) is 0.385. The van der Waals surface area contributed by atoms with Crippen molar-refractivity contribution in [3.63, 3.8) is 0 Å². The molecular formula is C27H21FN8O2. The van der Waals surface area contributed by atoms with Gasteiger partial charge in [0, 0.05) is 17.7 Å². The third-order valence-corrected chi connectivity index (χ3v) is 7.34. The number of aryl methyl sites for hydroxylation is 2. The highest BCUT2D eigenvalue weighted by Crippen LogP contribution is 2.54. The summed E-state index contributed by atoms with van der Waals surface area (Å²) in [5, 5.41) is 7.69. The zero-order valence-corrected chi connectivity index (χ0v) is 20.5. The molecule has 188 valence electrons. The fourth-order valence-corrected chi connectivity index (χ4v) is 5.75. The molecule has 0 saturated carbocycles. The van der Waals surface area contributed by atoms with Crippen LogP contribution >= 0.6 is 0 Å². The number of benzene rings is 2. The zero-order valence-electron chi connectivity index (χ0n) is 20.5. The van der Waals surface area contributed by atoms with Gasteiger partial charge in [0.05, 0.1) is 18.6 Å². The summed E-state index contributed by atoms with van der Waals surface area (Å²) in [5.41, 5.74) is 4.16. The predicted octanol–water partition coefficient (Wildman–Crippen LogP) is 3.47. The van der Waals surface area contributed by atoms with Gasteiger partial charge in [-0.1, -0.05) is 29.8 Å². The van der Waals surface area contributed by atoms with Gasteiger partial charge in [-0.25, -0.2) is 19.3 Å². The Balaban J connectivity index is 1.46. The molecule has 0 aliphatic carbocycles. The first-order valence-corrected chi connectivity index (χ1v) is 12.1. The summed E-state index contributed by atoms with van der Waals surface area (Å²) in [6.07, 6.45) is 2.83. The van der Waals surface area contributed by atoms with Crippen molar-refractivity contribution in [1.29, 1.82) is 0 Å². The van der Waals surface area contributed by atoms with E-state index in [1.807, 2.05) is 32.0 Å². The van der Waals surface area contributed by atoms with Crippen molar-refractivity contribution < 1.29 is 14.0 Å². The van der Waals surface area contributed by atoms with Crippen LogP contribution in [0.1, 0.15) is 34.4 Å². The fraction of sp³-hybridized carbons (Fsp3) is 0.185. The molecule has 2 aromatic carbocycles. The van der Waals surface area contributed by atoms with Crippen LogP contribution in [0.2, 0.25) is 0 Å². The van der Waals surface area contributed by atoms with Crippen LogP contribution in [0.5, 0.6) is 0 Å². The van der Waals surface area contributed by atoms with Crippen LogP contribution in [0.15, 0.2) is 55.1 Å². The topological polar surface area (TPSA) is 122 Å². The molecule has 0 fully saturated rings. The second-order valence-electron chi connectivity index (χ2n) is 9.69. The Labute approximate surface area is 215 Å². The van der Waals surface area contributed by atoms with Gasteiger partial charge in [0.25, 0.3) is 0 Å². The number of hydrogen-bond acceptors (Lipinski definition) is 6. The van der Waals surface area contributed by atoms with E-state index in [1.165, 1.54) is 29.5 Å². The molecule has 5 aromatic rings. The van der Waals surface area contributed by atoms with Crippen molar-refractivity contribution in [3.05, 3.63) is 88.9 Å². The van der Waals surface area contributed by atoms with E-state index in [-0.39, 0.29) is 30.6 Å². The van der Waals surface area contributed by atoms with E-state index in [0.717, 1.165) is 22.4 Å². The molecule has 2 aliphatic rings. The van der Waals surface area contributed by atoms with E-state index in [2.05, 4.69) is 25.3 Å². The average Bonchev–Trinajstić information content (AvgIpc) is 3.57. The second-order valence-corrected chi connectivity index (χ2v) is 9.69. The summed E-state index contributed by atoms with van der Waals surface area (Å²) in [6.45, 7) is 4.02. The Morgan fingerprint density at radius 3 is 2.68 bits per heavy atom. The fourth-order valence-electron chi connectivity index (χ4n) is 5.75. The highest BCUT2D eigenvalue weighted by molar-refractivity contribution is 6.16. The lowest BCUT2D eigenvalue weighted by atomic mass is 9.70. The molecule has 2 amide bonds. The minimum Gasteiger partial charge on any atom is -0.340 e. The number of carbonyl (C=O) groups excluding carboxylic acids is 2. The number of rotatable bonds is 3. The lowest BCUT2D eigenvalue weighted by Gasteiger charge is -2.33. The lowest BCUT2D eigenvalue weighted by Crippen LogP contribution is -2.46. The summed E-state index contributed by atoms with van der Waals surface area (Å²) in [4.78, 5) is 45.3. The van der Waals surface area contributed by atoms with E-state index in [1.54, 1.807) is 17.0 Å². The van der Waals surface area contributed by atoms with E-state index in [0.29, 0.717) is 34.1 Å². The third kappa shape index (κ3) is 2.98. The molecule has 11 heteroatoms. The van der Waals surface area contributed by atoms with E-state index in [9.17, 15) is 14.0 Å². The molecule has 0 unspecified atom stereocenters. The number of fused-ring (bicyclic) bond motifs is 5. The normalized spacial score (nSPS) is 18.2. The van der Waals surface area contributed by atoms with Crippen LogP contribution in [0.3, 0.4) is 0 Å². The highest BCUT2D eigenvalue weighted by atomic mass is 19.1. The van der Waals surface area contributed by atoms with Crippen molar-refractivity contribution in [3.8, 4) is 5.82 Å². The van der Waals surface area contributed by atoms with E-state index in [4.69, 9.17) is 5.10 Å². The van der Waals surface area contributed by atoms with Gasteiger partial charge in [-0.15, -0.1) is 0 Å². The number of aromatic amines is 1. The standard InChI is InChI=1S/C27H21FN8O2/c1-14-3-8-19-18(9-14)27(26(38)35(19)11-16-4-6-17(28)7-5-16)10-20(37)33-24-21(27)15(2)34-36(24)25-22-23(30-12-29-22)31-13-32-25/h3-9,12-13H,10-11H2,1-2H3,(H,33,37)(H,29,30,31,32)/t27-/m1/s1. The molecule has 0 bridgehead atoms. The first-order chi connectivity index (χ1) is 18.4. The molecule has 0 saturated heterocycles. The largest absolute Gasteiger partial charge is 0.340 e. The molecular weight excluding hydrogens is 487 g/mol. The van der Waals surface area contributed by atoms with Crippen molar-refractivity contribution >= 4 is 34.5 Å². The number of H-pyrrole nitrogens is 1. The molecule has 5 heterocycles. The maximum atomic E-state index is 14.5. The Kier molecular flexibility index (Phi) is 4.56. The molecule has 1 spiro atoms. The third-order valence-electron chi connectivity index (χ3n) is 7.34. The van der Waals surface area contributed by atoms with Crippen LogP contribution in [0.4, 0.5) is 15.9 Å². The van der Waals surface area contributed by atoms with Crippen LogP contribution in [-0.2, 0) is 21.5 Å². The van der Waals surface area contributed by atoms with Gasteiger partial charge in [0.2, 0.25) is 11.8 Å². The number of nitrogens with zero attached hydrogens (tertiary/aromatic N) is 6. The van der Waals surface area contributed by atoms with Crippen molar-refractivity contribution in [2.75, 3.05) is 10.2 Å². The number of anilines is 2. The van der Waals surface area contributed by atoms with E-state index < -0.39 is 5.41 Å². The maximum absolute atomic E-state index is 14.5. The van der Waals surface area contributed by atoms with Crippen molar-refractivity contribution in [2.45, 2.75) is 32.2 Å². The summed E-state index contributed by atoms with van der Waals surface area (Å²) < 4.78 is 15.1. The first kappa shape index (κ1) is 22.3. The van der Waals surface area contributed by atoms with Crippen LogP contribution in [-0.4, -0.2) is 41.5 Å². The molecule has 3 aromatic heterocycles. The zero-order chi connectivity index (χ0) is 26.2. The number of imidazole rings is 1. The average molecular weight is 509 g/mol. The summed E-state index contributed by atoms with van der Waals surface area (Å²) in [6, 6.07) is 11.9. The monoisotopic (exact) mass is 508 g/mol. The van der Waals surface area contributed by atoms with Gasteiger partial charge in [0.1, 0.15) is 28.9 Å². The molecule has 2 N–H and O–H groups in total. The van der Waals surface area contributed by atoms with Gasteiger partial charge in [-0.2, -0.15) is 9.78 Å². The predicted molar refractivity (Wildman–Crippen MR) is 136 cm³/mol. The molecule has 1 atom stereocenters. The van der Waals surface area contributed by atoms with Gasteiger partial charge in [-0.05, 0) is 43.2 Å². The summed E-state index contributed by atoms with van der Waals surface area (Å²) in [5.74, 6) is -0.0830. The van der Waals surface area contributed by atoms with Gasteiger partial charge < -0.3 is 15.2 Å². The number of nitrogens with one attached hydrogen (secondary N) is 2. The lowest BCUT2D eigenvalue weighted by molar-refractivity contribution is -0.126. The minimum atomic E-state index is -1.28. The van der Waals surface area contributed by atoms with Crippen molar-refractivity contribution in [2.24, 2.45) is 0 Å². The number of hydrogen-bond donors (Lipinski definition) is 2. The summed E-state index contributed by atoms with van der Waals surface area (Å²) >= 11 is 0. The van der Waals surface area contributed by atoms with Crippen molar-refractivity contribution in [1.82, 2.24) is 29.7 Å². The summed E-state index contributed by atoms with van der Waals surface area (Å²) in [7, 11) is 0. The Morgan fingerprint density at radius 1 is 1.05 bits per heavy atom. The second kappa shape index (κ2) is 7.78. The number of halogens is 1. The van der Waals surface area contributed by atoms with Gasteiger partial charge >= 0.3 is 0 Å². The molecule has 7 rings (SSSR count). The van der Waals surface area contributed by atoms with Gasteiger partial charge in [0.15, 0.2) is 11.5 Å². The van der Waals surface area contributed by atoms with Crippen LogP contribution in [0, 0.1) is 19.7 Å². The molecule has 38 heavy (non-hydrogen) atoms. The minimum absolute atomic E-state index is 0.0645. The number of amides is 2. The number of carbonyl (C=O) groups is 2. The van der Waals surface area contributed by atoms with E-state index >= 15 is 0 Å². The maximum Gasteiger partial charge on any atom is 0.243 e. The first-order valence-electron chi connectivity index (χ1n) is 12.1. The Hall–Kier alpha value is -4.93. The van der Waals surface area contributed by atoms with Crippen LogP contribution < -0.4 is 10.2 Å². The smallest absolute Gasteiger partial charge is 0.243 e. The Bertz CT molecular complexity index is 1790. The SMILES string of the molecule is Cc1ccc2c(c1)[C@@]1(CC(=O)Nc3c1c(C)nn3-c1ncnc3nc[nH]c13)C(=O)N2Cc1ccc(F)cc1.